The molecule has 0 aromatic carbocycles. The molecule has 0 bridgehead atoms. The van der Waals surface area contributed by atoms with Gasteiger partial charge in [-0.2, -0.15) is 0 Å². The maximum Gasteiger partial charge on any atom is 0.322 e. The molecular weight excluding hydrogens is 280 g/mol. The largest absolute Gasteiger partial charge is 0.481 e. The molecule has 0 saturated carbocycles. The van der Waals surface area contributed by atoms with Gasteiger partial charge in [-0.1, -0.05) is 11.6 Å². The van der Waals surface area contributed by atoms with Crippen molar-refractivity contribution < 1.29 is 29.4 Å². The summed E-state index contributed by atoms with van der Waals surface area (Å²) < 4.78 is 0. The van der Waals surface area contributed by atoms with Crippen molar-refractivity contribution in [3.8, 4) is 0 Å². The second-order valence-corrected chi connectivity index (χ2v) is 4.65. The molecule has 118 valence electrons. The van der Waals surface area contributed by atoms with Crippen molar-refractivity contribution in [2.75, 3.05) is 6.54 Å². The molecule has 0 aromatic heterocycles. The zero-order chi connectivity index (χ0) is 16.4. The summed E-state index contributed by atoms with van der Waals surface area (Å²) in [7, 11) is 0. The highest BCUT2D eigenvalue weighted by atomic mass is 16.4. The zero-order valence-electron chi connectivity index (χ0n) is 12.0. The number of aliphatic carboxylic acids is 2. The van der Waals surface area contributed by atoms with Gasteiger partial charge in [0.1, 0.15) is 12.6 Å². The molecule has 8 heteroatoms. The molecule has 0 fully saturated rings. The predicted molar refractivity (Wildman–Crippen MR) is 73.5 cm³/mol. The van der Waals surface area contributed by atoms with Gasteiger partial charge in [0, 0.05) is 12.8 Å². The third-order valence-electron chi connectivity index (χ3n) is 2.31. The Bertz CT molecular complexity index is 440. The molecule has 4 N–H and O–H groups in total. The van der Waals surface area contributed by atoms with Crippen LogP contribution in [0.2, 0.25) is 0 Å². The van der Waals surface area contributed by atoms with Crippen LogP contribution in [0, 0.1) is 0 Å². The van der Waals surface area contributed by atoms with Crippen LogP contribution in [0.3, 0.4) is 0 Å². The first-order valence-electron chi connectivity index (χ1n) is 6.38. The van der Waals surface area contributed by atoms with Gasteiger partial charge in [-0.15, -0.1) is 0 Å². The van der Waals surface area contributed by atoms with E-state index >= 15 is 0 Å². The van der Waals surface area contributed by atoms with Crippen molar-refractivity contribution in [1.82, 2.24) is 10.6 Å². The van der Waals surface area contributed by atoms with Crippen molar-refractivity contribution in [2.24, 2.45) is 0 Å². The molecule has 0 unspecified atom stereocenters. The summed E-state index contributed by atoms with van der Waals surface area (Å²) in [5.41, 5.74) is 0.774. The summed E-state index contributed by atoms with van der Waals surface area (Å²) in [6, 6.07) is -0.980. The summed E-state index contributed by atoms with van der Waals surface area (Å²) in [6.45, 7) is 2.92. The quantitative estimate of drug-likeness (QED) is 0.439. The molecule has 21 heavy (non-hydrogen) atoms. The molecule has 0 aliphatic rings. The average molecular weight is 300 g/mol. The lowest BCUT2D eigenvalue weighted by Crippen LogP contribution is -2.46. The molecule has 0 aromatic rings. The predicted octanol–water partition coefficient (Wildman–Crippen LogP) is -0.107. The molecule has 0 saturated heterocycles. The van der Waals surface area contributed by atoms with Gasteiger partial charge < -0.3 is 20.8 Å². The Morgan fingerprint density at radius 2 is 1.67 bits per heavy atom. The monoisotopic (exact) mass is 300 g/mol. The van der Waals surface area contributed by atoms with Gasteiger partial charge in [0.25, 0.3) is 0 Å². The zero-order valence-corrected chi connectivity index (χ0v) is 12.0. The summed E-state index contributed by atoms with van der Waals surface area (Å²) in [5.74, 6) is -3.29. The molecule has 0 aliphatic carbocycles. The minimum Gasteiger partial charge on any atom is -0.481 e. The normalized spacial score (nSPS) is 11.1. The Morgan fingerprint density at radius 3 is 2.14 bits per heavy atom. The fraction of sp³-hybridized carbons (Fsp3) is 0.538. The van der Waals surface area contributed by atoms with E-state index in [4.69, 9.17) is 10.2 Å². The van der Waals surface area contributed by atoms with Crippen molar-refractivity contribution in [3.05, 3.63) is 11.6 Å². The lowest BCUT2D eigenvalue weighted by atomic mass is 10.1. The Hall–Kier alpha value is -2.38. The van der Waals surface area contributed by atoms with E-state index < -0.39 is 36.3 Å². The number of carbonyl (C=O) groups is 4. The van der Waals surface area contributed by atoms with Crippen LogP contribution in [0.1, 0.15) is 33.1 Å². The van der Waals surface area contributed by atoms with E-state index in [1.165, 1.54) is 6.08 Å². The SMILES string of the molecule is CC(C)=C[C@H](NC(=O)CCCC(=O)O)C(=O)NCC(=O)O. The number of nitrogens with one attached hydrogen (secondary N) is 2. The van der Waals surface area contributed by atoms with Gasteiger partial charge >= 0.3 is 11.9 Å². The topological polar surface area (TPSA) is 133 Å². The molecule has 0 spiro atoms. The number of allylic oxidation sites excluding steroid dienone is 1. The van der Waals surface area contributed by atoms with E-state index in [9.17, 15) is 19.2 Å². The van der Waals surface area contributed by atoms with Crippen molar-refractivity contribution in [1.29, 1.82) is 0 Å². The first-order chi connectivity index (χ1) is 9.72. The lowest BCUT2D eigenvalue weighted by Gasteiger charge is -2.15. The minimum absolute atomic E-state index is 0.0222. The van der Waals surface area contributed by atoms with Crippen LogP contribution < -0.4 is 10.6 Å². The van der Waals surface area contributed by atoms with Crippen molar-refractivity contribution in [2.45, 2.75) is 39.2 Å². The first-order valence-corrected chi connectivity index (χ1v) is 6.38. The molecule has 2 amide bonds. The number of carboxylic acids is 2. The number of hydrogen-bond donors (Lipinski definition) is 4. The Balaban J connectivity index is 4.51. The third kappa shape index (κ3) is 10.1. The van der Waals surface area contributed by atoms with Crippen molar-refractivity contribution >= 4 is 23.8 Å². The molecule has 0 aliphatic heterocycles. The summed E-state index contributed by atoms with van der Waals surface area (Å²) >= 11 is 0. The van der Waals surface area contributed by atoms with Gasteiger partial charge in [-0.3, -0.25) is 19.2 Å². The van der Waals surface area contributed by atoms with Gasteiger partial charge in [0.15, 0.2) is 0 Å². The molecule has 0 heterocycles. The number of hydrogen-bond acceptors (Lipinski definition) is 4. The second kappa shape index (κ2) is 9.51. The van der Waals surface area contributed by atoms with Crippen LogP contribution in [0.4, 0.5) is 0 Å². The lowest BCUT2D eigenvalue weighted by molar-refractivity contribution is -0.138. The maximum atomic E-state index is 11.8. The van der Waals surface area contributed by atoms with Crippen LogP contribution in [0.25, 0.3) is 0 Å². The molecule has 0 radical (unpaired) electrons. The molecule has 1 atom stereocenters. The van der Waals surface area contributed by atoms with E-state index in [2.05, 4.69) is 10.6 Å². The summed E-state index contributed by atoms with van der Waals surface area (Å²) in [6.07, 6.45) is 1.50. The van der Waals surface area contributed by atoms with Crippen LogP contribution >= 0.6 is 0 Å². The number of amides is 2. The Morgan fingerprint density at radius 1 is 1.05 bits per heavy atom. The summed E-state index contributed by atoms with van der Waals surface area (Å²) in [4.78, 5) is 44.1. The highest BCUT2D eigenvalue weighted by Gasteiger charge is 2.18. The van der Waals surface area contributed by atoms with E-state index in [1.54, 1.807) is 13.8 Å². The smallest absolute Gasteiger partial charge is 0.322 e. The average Bonchev–Trinajstić information content (AvgIpc) is 2.33. The first kappa shape index (κ1) is 18.6. The number of carbonyl (C=O) groups excluding carboxylic acids is 2. The Labute approximate surface area is 122 Å². The summed E-state index contributed by atoms with van der Waals surface area (Å²) in [5, 5.41) is 21.6. The van der Waals surface area contributed by atoms with Crippen molar-refractivity contribution in [3.63, 3.8) is 0 Å². The van der Waals surface area contributed by atoms with E-state index in [0.717, 1.165) is 5.57 Å². The van der Waals surface area contributed by atoms with Gasteiger partial charge in [0.05, 0.1) is 0 Å². The van der Waals surface area contributed by atoms with E-state index in [1.807, 2.05) is 0 Å². The van der Waals surface area contributed by atoms with Crippen LogP contribution in [-0.2, 0) is 19.2 Å². The minimum atomic E-state index is -1.19. The van der Waals surface area contributed by atoms with Crippen LogP contribution in [0.15, 0.2) is 11.6 Å². The molecule has 0 rings (SSSR count). The fourth-order valence-corrected chi connectivity index (χ4v) is 1.43. The standard InChI is InChI=1S/C13H20N2O6/c1-8(2)6-9(13(21)14-7-12(19)20)15-10(16)4-3-5-11(17)18/h6,9H,3-5,7H2,1-2H3,(H,14,21)(H,15,16)(H,17,18)(H,19,20)/t9-/m0/s1. The van der Waals surface area contributed by atoms with E-state index in [-0.39, 0.29) is 19.3 Å². The van der Waals surface area contributed by atoms with Gasteiger partial charge in [-0.05, 0) is 20.3 Å². The second-order valence-electron chi connectivity index (χ2n) is 4.65. The molecule has 8 nitrogen and oxygen atoms in total. The van der Waals surface area contributed by atoms with Crippen LogP contribution in [-0.4, -0.2) is 46.6 Å². The Kier molecular flexibility index (Phi) is 8.43. The van der Waals surface area contributed by atoms with Gasteiger partial charge in [0.2, 0.25) is 11.8 Å². The fourth-order valence-electron chi connectivity index (χ4n) is 1.43. The third-order valence-corrected chi connectivity index (χ3v) is 2.31. The maximum absolute atomic E-state index is 11.8. The van der Waals surface area contributed by atoms with Gasteiger partial charge in [-0.25, -0.2) is 0 Å². The molecular formula is C13H20N2O6. The highest BCUT2D eigenvalue weighted by Crippen LogP contribution is 1.99. The number of carboxylic acid groups (broad SMARTS) is 2. The van der Waals surface area contributed by atoms with E-state index in [0.29, 0.717) is 0 Å². The van der Waals surface area contributed by atoms with Crippen LogP contribution in [0.5, 0.6) is 0 Å². The highest BCUT2D eigenvalue weighted by molar-refractivity contribution is 5.91. The number of rotatable bonds is 9.